The van der Waals surface area contributed by atoms with Gasteiger partial charge in [0.25, 0.3) is 0 Å². The molecule has 0 aromatic rings. The fraction of sp³-hybridized carbons (Fsp3) is 1.00. The summed E-state index contributed by atoms with van der Waals surface area (Å²) in [6, 6.07) is 0. The van der Waals surface area contributed by atoms with Crippen molar-refractivity contribution >= 4 is 0 Å². The van der Waals surface area contributed by atoms with Crippen molar-refractivity contribution in [2.24, 2.45) is 21.7 Å². The van der Waals surface area contributed by atoms with Crippen LogP contribution in [0.5, 0.6) is 0 Å². The lowest BCUT2D eigenvalue weighted by Crippen LogP contribution is -2.31. The molecule has 0 heterocycles. The van der Waals surface area contributed by atoms with Gasteiger partial charge in [-0.3, -0.25) is 0 Å². The molecular formula is C15H28. The van der Waals surface area contributed by atoms with Crippen molar-refractivity contribution in [3.05, 3.63) is 0 Å². The average Bonchev–Trinajstić information content (AvgIpc) is 2.57. The van der Waals surface area contributed by atoms with Gasteiger partial charge in [-0.05, 0) is 53.8 Å². The highest BCUT2D eigenvalue weighted by Gasteiger charge is 2.61. The summed E-state index contributed by atoms with van der Waals surface area (Å²) in [5, 5.41) is 0. The molecule has 2 bridgehead atoms. The SMILES string of the molecule is CC(C)(C)C12CCC(C(C)(C)C)(CC1)C2. The largest absolute Gasteiger partial charge is 0.0596 e. The minimum absolute atomic E-state index is 0.510. The van der Waals surface area contributed by atoms with E-state index in [0.29, 0.717) is 21.7 Å². The van der Waals surface area contributed by atoms with Gasteiger partial charge in [0, 0.05) is 0 Å². The van der Waals surface area contributed by atoms with Crippen molar-refractivity contribution in [1.29, 1.82) is 0 Å². The van der Waals surface area contributed by atoms with E-state index in [1.807, 2.05) is 0 Å². The molecule has 0 nitrogen and oxygen atoms in total. The van der Waals surface area contributed by atoms with Crippen LogP contribution in [0.3, 0.4) is 0 Å². The van der Waals surface area contributed by atoms with Crippen molar-refractivity contribution in [1.82, 2.24) is 0 Å². The molecule has 0 aliphatic heterocycles. The van der Waals surface area contributed by atoms with Gasteiger partial charge in [-0.2, -0.15) is 0 Å². The highest BCUT2D eigenvalue weighted by Crippen LogP contribution is 2.72. The third kappa shape index (κ3) is 1.40. The van der Waals surface area contributed by atoms with Crippen LogP contribution in [0, 0.1) is 21.7 Å². The molecule has 2 rings (SSSR count). The van der Waals surface area contributed by atoms with Crippen LogP contribution in [0.4, 0.5) is 0 Å². The van der Waals surface area contributed by atoms with Gasteiger partial charge < -0.3 is 0 Å². The van der Waals surface area contributed by atoms with Crippen LogP contribution in [-0.2, 0) is 0 Å². The van der Waals surface area contributed by atoms with Crippen LogP contribution in [-0.4, -0.2) is 0 Å². The lowest BCUT2D eigenvalue weighted by Gasteiger charge is -2.41. The molecule has 0 unspecified atom stereocenters. The van der Waals surface area contributed by atoms with Gasteiger partial charge in [-0.25, -0.2) is 0 Å². The third-order valence-corrected chi connectivity index (χ3v) is 6.02. The molecule has 88 valence electrons. The molecule has 0 aromatic heterocycles. The highest BCUT2D eigenvalue weighted by molar-refractivity contribution is 5.11. The Labute approximate surface area is 95.8 Å². The molecule has 0 atom stereocenters. The fourth-order valence-electron chi connectivity index (χ4n) is 4.24. The second-order valence-corrected chi connectivity index (χ2v) is 8.24. The Kier molecular flexibility index (Phi) is 2.15. The zero-order valence-electron chi connectivity index (χ0n) is 11.5. The standard InChI is InChI=1S/C15H28/c1-12(2,3)14-7-9-15(11-14,10-8-14)13(4,5)6/h7-11H2,1-6H3. The quantitative estimate of drug-likeness (QED) is 0.524. The Morgan fingerprint density at radius 1 is 0.600 bits per heavy atom. The summed E-state index contributed by atoms with van der Waals surface area (Å²) in [7, 11) is 0. The molecular weight excluding hydrogens is 180 g/mol. The van der Waals surface area contributed by atoms with Crippen LogP contribution in [0.15, 0.2) is 0 Å². The molecule has 0 amide bonds. The van der Waals surface area contributed by atoms with Crippen LogP contribution in [0.1, 0.15) is 73.6 Å². The summed E-state index contributed by atoms with van der Waals surface area (Å²) >= 11 is 0. The van der Waals surface area contributed by atoms with Gasteiger partial charge in [0.15, 0.2) is 0 Å². The molecule has 0 spiro atoms. The minimum atomic E-state index is 0.510. The van der Waals surface area contributed by atoms with Crippen LogP contribution < -0.4 is 0 Å². The van der Waals surface area contributed by atoms with Gasteiger partial charge in [0.1, 0.15) is 0 Å². The number of hydrogen-bond donors (Lipinski definition) is 0. The van der Waals surface area contributed by atoms with E-state index in [-0.39, 0.29) is 0 Å². The molecule has 0 saturated heterocycles. The first-order valence-corrected chi connectivity index (χ1v) is 6.62. The smallest absolute Gasteiger partial charge is 0.0243 e. The Morgan fingerprint density at radius 2 is 0.867 bits per heavy atom. The van der Waals surface area contributed by atoms with E-state index in [0.717, 1.165) is 0 Å². The van der Waals surface area contributed by atoms with Gasteiger partial charge >= 0.3 is 0 Å². The van der Waals surface area contributed by atoms with E-state index in [2.05, 4.69) is 41.5 Å². The summed E-state index contributed by atoms with van der Waals surface area (Å²) in [6.45, 7) is 14.7. The molecule has 15 heavy (non-hydrogen) atoms. The number of hydrogen-bond acceptors (Lipinski definition) is 0. The molecule has 0 aromatic carbocycles. The van der Waals surface area contributed by atoms with Gasteiger partial charge in [0.2, 0.25) is 0 Å². The van der Waals surface area contributed by atoms with Crippen molar-refractivity contribution in [2.75, 3.05) is 0 Å². The minimum Gasteiger partial charge on any atom is -0.0596 e. The summed E-state index contributed by atoms with van der Waals surface area (Å²) in [4.78, 5) is 0. The van der Waals surface area contributed by atoms with Crippen molar-refractivity contribution in [2.45, 2.75) is 73.6 Å². The predicted octanol–water partition coefficient (Wildman–Crippen LogP) is 5.03. The number of rotatable bonds is 0. The van der Waals surface area contributed by atoms with Crippen LogP contribution >= 0.6 is 0 Å². The second kappa shape index (κ2) is 2.81. The first kappa shape index (κ1) is 11.5. The molecule has 0 radical (unpaired) electrons. The predicted molar refractivity (Wildman–Crippen MR) is 66.9 cm³/mol. The molecule has 2 aliphatic rings. The van der Waals surface area contributed by atoms with Crippen molar-refractivity contribution in [3.63, 3.8) is 0 Å². The Hall–Kier alpha value is 0. The average molecular weight is 208 g/mol. The molecule has 0 heteroatoms. The number of fused-ring (bicyclic) bond motifs is 2. The Balaban J connectivity index is 2.29. The summed E-state index contributed by atoms with van der Waals surface area (Å²) in [6.07, 6.45) is 7.41. The van der Waals surface area contributed by atoms with Gasteiger partial charge in [-0.15, -0.1) is 0 Å². The fourth-order valence-corrected chi connectivity index (χ4v) is 4.24. The zero-order chi connectivity index (χ0) is 11.5. The lowest BCUT2D eigenvalue weighted by molar-refractivity contribution is 0.0970. The molecule has 2 saturated carbocycles. The zero-order valence-corrected chi connectivity index (χ0v) is 11.5. The van der Waals surface area contributed by atoms with E-state index in [9.17, 15) is 0 Å². The normalized spacial score (nSPS) is 41.2. The first-order valence-electron chi connectivity index (χ1n) is 6.62. The maximum atomic E-state index is 2.46. The van der Waals surface area contributed by atoms with Crippen LogP contribution in [0.25, 0.3) is 0 Å². The van der Waals surface area contributed by atoms with Crippen LogP contribution in [0.2, 0.25) is 0 Å². The summed E-state index contributed by atoms with van der Waals surface area (Å²) in [5.41, 5.74) is 2.35. The molecule has 2 aliphatic carbocycles. The third-order valence-electron chi connectivity index (χ3n) is 6.02. The summed E-state index contributed by atoms with van der Waals surface area (Å²) in [5.74, 6) is 0. The summed E-state index contributed by atoms with van der Waals surface area (Å²) < 4.78 is 0. The maximum Gasteiger partial charge on any atom is -0.0243 e. The van der Waals surface area contributed by atoms with E-state index in [1.54, 1.807) is 0 Å². The first-order chi connectivity index (χ1) is 6.62. The van der Waals surface area contributed by atoms with E-state index in [4.69, 9.17) is 0 Å². The maximum absolute atomic E-state index is 2.46. The van der Waals surface area contributed by atoms with Crippen molar-refractivity contribution < 1.29 is 0 Å². The lowest BCUT2D eigenvalue weighted by atomic mass is 9.64. The van der Waals surface area contributed by atoms with E-state index < -0.39 is 0 Å². The van der Waals surface area contributed by atoms with Gasteiger partial charge in [-0.1, -0.05) is 41.5 Å². The molecule has 2 fully saturated rings. The van der Waals surface area contributed by atoms with E-state index >= 15 is 0 Å². The van der Waals surface area contributed by atoms with Crippen molar-refractivity contribution in [3.8, 4) is 0 Å². The van der Waals surface area contributed by atoms with Gasteiger partial charge in [0.05, 0.1) is 0 Å². The Morgan fingerprint density at radius 3 is 1.00 bits per heavy atom. The topological polar surface area (TPSA) is 0 Å². The van der Waals surface area contributed by atoms with E-state index in [1.165, 1.54) is 32.1 Å². The molecule has 0 N–H and O–H groups in total. The Bertz CT molecular complexity index is 223. The monoisotopic (exact) mass is 208 g/mol. The highest BCUT2D eigenvalue weighted by atomic mass is 14.7. The second-order valence-electron chi connectivity index (χ2n) is 8.24.